The van der Waals surface area contributed by atoms with Gasteiger partial charge < -0.3 is 5.11 Å². The van der Waals surface area contributed by atoms with Crippen LogP contribution in [0, 0.1) is 0 Å². The summed E-state index contributed by atoms with van der Waals surface area (Å²) in [6.07, 6.45) is 1.77. The minimum Gasteiger partial charge on any atom is -0.389 e. The summed E-state index contributed by atoms with van der Waals surface area (Å²) >= 11 is 0. The fourth-order valence-electron chi connectivity index (χ4n) is 1.58. The second-order valence-electron chi connectivity index (χ2n) is 3.41. The first-order valence-electron chi connectivity index (χ1n) is 4.98. The van der Waals surface area contributed by atoms with Gasteiger partial charge in [0.1, 0.15) is 0 Å². The third-order valence-corrected chi connectivity index (χ3v) is 2.47. The lowest BCUT2D eigenvalue weighted by molar-refractivity contribution is 0.199. The van der Waals surface area contributed by atoms with Crippen molar-refractivity contribution >= 4 is 0 Å². The van der Waals surface area contributed by atoms with Crippen molar-refractivity contribution in [1.29, 1.82) is 0 Å². The van der Waals surface area contributed by atoms with Gasteiger partial charge in [-0.3, -0.25) is 0 Å². The number of rotatable bonds is 3. The summed E-state index contributed by atoms with van der Waals surface area (Å²) in [5.41, 5.74) is 3.78. The summed E-state index contributed by atoms with van der Waals surface area (Å²) in [4.78, 5) is 0. The molecule has 72 valence electrons. The first-order chi connectivity index (χ1) is 6.19. The average molecular weight is 178 g/mol. The molecule has 0 aliphatic heterocycles. The van der Waals surface area contributed by atoms with E-state index >= 15 is 0 Å². The highest BCUT2D eigenvalue weighted by molar-refractivity contribution is 5.33. The molecule has 0 spiro atoms. The summed E-state index contributed by atoms with van der Waals surface area (Å²) < 4.78 is 0. The highest BCUT2D eigenvalue weighted by atomic mass is 16.3. The van der Waals surface area contributed by atoms with Gasteiger partial charge in [0.2, 0.25) is 0 Å². The molecule has 0 aliphatic rings. The molecule has 0 radical (unpaired) electrons. The van der Waals surface area contributed by atoms with Crippen LogP contribution in [-0.4, -0.2) is 5.11 Å². The van der Waals surface area contributed by atoms with Crippen LogP contribution in [0.4, 0.5) is 0 Å². The van der Waals surface area contributed by atoms with Gasteiger partial charge in [0.05, 0.1) is 6.10 Å². The van der Waals surface area contributed by atoms with Crippen LogP contribution in [0.5, 0.6) is 0 Å². The fourth-order valence-corrected chi connectivity index (χ4v) is 1.58. The summed E-state index contributed by atoms with van der Waals surface area (Å²) in [7, 11) is 0. The molecular formula is C12H18O. The second kappa shape index (κ2) is 4.43. The molecule has 0 unspecified atom stereocenters. The maximum absolute atomic E-state index is 9.41. The molecule has 1 aromatic carbocycles. The highest BCUT2D eigenvalue weighted by Crippen LogP contribution is 2.18. The van der Waals surface area contributed by atoms with Crippen LogP contribution in [0.25, 0.3) is 0 Å². The normalized spacial score (nSPS) is 12.9. The van der Waals surface area contributed by atoms with E-state index in [1.165, 1.54) is 11.1 Å². The van der Waals surface area contributed by atoms with E-state index in [1.807, 2.05) is 6.07 Å². The third-order valence-electron chi connectivity index (χ3n) is 2.47. The Morgan fingerprint density at radius 2 is 1.77 bits per heavy atom. The molecule has 1 heteroatoms. The Labute approximate surface area is 80.4 Å². The van der Waals surface area contributed by atoms with Crippen LogP contribution in [-0.2, 0) is 12.8 Å². The van der Waals surface area contributed by atoms with E-state index in [-0.39, 0.29) is 6.10 Å². The molecule has 0 saturated carbocycles. The standard InChI is InChI=1S/C12H18O/c1-4-10-6-7-12(9(3)13)8-11(10)5-2/h6-9,13H,4-5H2,1-3H3/t9-/m0/s1. The number of hydrogen-bond acceptors (Lipinski definition) is 1. The molecule has 1 N–H and O–H groups in total. The molecule has 0 bridgehead atoms. The maximum atomic E-state index is 9.41. The summed E-state index contributed by atoms with van der Waals surface area (Å²) in [6.45, 7) is 6.12. The van der Waals surface area contributed by atoms with Gasteiger partial charge in [-0.1, -0.05) is 32.0 Å². The molecule has 13 heavy (non-hydrogen) atoms. The number of hydrogen-bond donors (Lipinski definition) is 1. The smallest absolute Gasteiger partial charge is 0.0762 e. The van der Waals surface area contributed by atoms with Crippen molar-refractivity contribution in [3.05, 3.63) is 34.9 Å². The molecular weight excluding hydrogens is 160 g/mol. The lowest BCUT2D eigenvalue weighted by Gasteiger charge is -2.10. The van der Waals surface area contributed by atoms with Crippen molar-refractivity contribution in [3.8, 4) is 0 Å². The Kier molecular flexibility index (Phi) is 3.49. The predicted octanol–water partition coefficient (Wildman–Crippen LogP) is 2.86. The largest absolute Gasteiger partial charge is 0.389 e. The Morgan fingerprint density at radius 3 is 2.23 bits per heavy atom. The monoisotopic (exact) mass is 178 g/mol. The Bertz CT molecular complexity index is 276. The quantitative estimate of drug-likeness (QED) is 0.754. The van der Waals surface area contributed by atoms with Crippen LogP contribution in [0.15, 0.2) is 18.2 Å². The summed E-state index contributed by atoms with van der Waals surface area (Å²) in [5.74, 6) is 0. The van der Waals surface area contributed by atoms with Crippen LogP contribution in [0.2, 0.25) is 0 Å². The van der Waals surface area contributed by atoms with E-state index in [1.54, 1.807) is 6.92 Å². The fraction of sp³-hybridized carbons (Fsp3) is 0.500. The zero-order chi connectivity index (χ0) is 9.84. The molecule has 0 heterocycles. The average Bonchev–Trinajstić information content (AvgIpc) is 2.16. The number of benzene rings is 1. The van der Waals surface area contributed by atoms with Crippen LogP contribution < -0.4 is 0 Å². The Hall–Kier alpha value is -0.820. The van der Waals surface area contributed by atoms with Crippen molar-refractivity contribution in [2.75, 3.05) is 0 Å². The molecule has 1 rings (SSSR count). The topological polar surface area (TPSA) is 20.2 Å². The van der Waals surface area contributed by atoms with E-state index in [0.717, 1.165) is 18.4 Å². The lowest BCUT2D eigenvalue weighted by atomic mass is 9.98. The van der Waals surface area contributed by atoms with Gasteiger partial charge in [0.15, 0.2) is 0 Å². The van der Waals surface area contributed by atoms with E-state index in [0.29, 0.717) is 0 Å². The Balaban J connectivity index is 3.05. The van der Waals surface area contributed by atoms with Crippen molar-refractivity contribution in [3.63, 3.8) is 0 Å². The van der Waals surface area contributed by atoms with Crippen molar-refractivity contribution in [1.82, 2.24) is 0 Å². The highest BCUT2D eigenvalue weighted by Gasteiger charge is 2.04. The van der Waals surface area contributed by atoms with E-state index in [2.05, 4.69) is 26.0 Å². The first-order valence-corrected chi connectivity index (χ1v) is 4.98. The molecule has 1 atom stereocenters. The minimum absolute atomic E-state index is 0.351. The van der Waals surface area contributed by atoms with Gasteiger partial charge in [-0.15, -0.1) is 0 Å². The van der Waals surface area contributed by atoms with Gasteiger partial charge in [-0.2, -0.15) is 0 Å². The predicted molar refractivity (Wildman–Crippen MR) is 55.8 cm³/mol. The molecule has 0 saturated heterocycles. The van der Waals surface area contributed by atoms with E-state index in [4.69, 9.17) is 0 Å². The molecule has 0 aliphatic carbocycles. The number of aliphatic hydroxyl groups excluding tert-OH is 1. The third kappa shape index (κ3) is 2.31. The number of aryl methyl sites for hydroxylation is 2. The van der Waals surface area contributed by atoms with E-state index < -0.39 is 0 Å². The van der Waals surface area contributed by atoms with Gasteiger partial charge in [-0.25, -0.2) is 0 Å². The summed E-state index contributed by atoms with van der Waals surface area (Å²) in [5, 5.41) is 9.41. The van der Waals surface area contributed by atoms with Crippen molar-refractivity contribution < 1.29 is 5.11 Å². The molecule has 1 aromatic rings. The number of aliphatic hydroxyl groups is 1. The molecule has 0 amide bonds. The van der Waals surface area contributed by atoms with Crippen LogP contribution in [0.1, 0.15) is 43.6 Å². The van der Waals surface area contributed by atoms with Crippen molar-refractivity contribution in [2.24, 2.45) is 0 Å². The zero-order valence-corrected chi connectivity index (χ0v) is 8.67. The second-order valence-corrected chi connectivity index (χ2v) is 3.41. The lowest BCUT2D eigenvalue weighted by Crippen LogP contribution is -1.96. The zero-order valence-electron chi connectivity index (χ0n) is 8.67. The van der Waals surface area contributed by atoms with Crippen LogP contribution in [0.3, 0.4) is 0 Å². The van der Waals surface area contributed by atoms with Gasteiger partial charge in [0.25, 0.3) is 0 Å². The van der Waals surface area contributed by atoms with Crippen molar-refractivity contribution in [2.45, 2.75) is 39.7 Å². The van der Waals surface area contributed by atoms with E-state index in [9.17, 15) is 5.11 Å². The molecule has 0 fully saturated rings. The molecule has 0 aromatic heterocycles. The van der Waals surface area contributed by atoms with Gasteiger partial charge in [0, 0.05) is 0 Å². The first kappa shape index (κ1) is 10.3. The summed E-state index contributed by atoms with van der Waals surface area (Å²) in [6, 6.07) is 6.26. The minimum atomic E-state index is -0.351. The maximum Gasteiger partial charge on any atom is 0.0762 e. The van der Waals surface area contributed by atoms with Crippen LogP contribution >= 0.6 is 0 Å². The van der Waals surface area contributed by atoms with Gasteiger partial charge >= 0.3 is 0 Å². The Morgan fingerprint density at radius 1 is 1.15 bits per heavy atom. The molecule has 1 nitrogen and oxygen atoms in total. The van der Waals surface area contributed by atoms with Gasteiger partial charge in [-0.05, 0) is 36.5 Å². The SMILES string of the molecule is CCc1ccc([C@H](C)O)cc1CC.